The van der Waals surface area contributed by atoms with Gasteiger partial charge in [0.05, 0.1) is 6.10 Å². The van der Waals surface area contributed by atoms with E-state index in [-0.39, 0.29) is 12.7 Å². The monoisotopic (exact) mass is 236 g/mol. The first kappa shape index (κ1) is 12.4. The number of rotatable bonds is 5. The zero-order valence-electron chi connectivity index (χ0n) is 10.1. The van der Waals surface area contributed by atoms with E-state index in [1.165, 1.54) is 12.8 Å². The zero-order valence-corrected chi connectivity index (χ0v) is 10.1. The lowest BCUT2D eigenvalue weighted by atomic mass is 10.1. The molecule has 3 nitrogen and oxygen atoms in total. The summed E-state index contributed by atoms with van der Waals surface area (Å²) in [4.78, 5) is 0. The van der Waals surface area contributed by atoms with Gasteiger partial charge in [0.15, 0.2) is 0 Å². The lowest BCUT2D eigenvalue weighted by Gasteiger charge is -2.22. The van der Waals surface area contributed by atoms with Crippen molar-refractivity contribution < 1.29 is 14.6 Å². The fraction of sp³-hybridized carbons (Fsp3) is 0.571. The molecule has 0 aliphatic carbocycles. The molecule has 2 rings (SSSR count). The number of hydrogen-bond donors (Lipinski definition) is 1. The molecule has 17 heavy (non-hydrogen) atoms. The summed E-state index contributed by atoms with van der Waals surface area (Å²) in [5.74, 6) is 0.876. The molecule has 0 amide bonds. The Labute approximate surface area is 102 Å². The van der Waals surface area contributed by atoms with Gasteiger partial charge in [-0.15, -0.1) is 0 Å². The lowest BCUT2D eigenvalue weighted by molar-refractivity contribution is -0.0110. The van der Waals surface area contributed by atoms with Crippen molar-refractivity contribution in [3.63, 3.8) is 0 Å². The summed E-state index contributed by atoms with van der Waals surface area (Å²) in [6, 6.07) is 7.89. The van der Waals surface area contributed by atoms with Crippen molar-refractivity contribution in [3.05, 3.63) is 29.8 Å². The molecule has 1 unspecified atom stereocenters. The number of ether oxygens (including phenoxy) is 2. The smallest absolute Gasteiger partial charge is 0.119 e. The molecule has 1 saturated heterocycles. The van der Waals surface area contributed by atoms with Crippen molar-refractivity contribution in [1.29, 1.82) is 0 Å². The van der Waals surface area contributed by atoms with Crippen LogP contribution in [0.2, 0.25) is 0 Å². The maximum Gasteiger partial charge on any atom is 0.119 e. The van der Waals surface area contributed by atoms with Crippen molar-refractivity contribution in [1.82, 2.24) is 0 Å². The first-order chi connectivity index (χ1) is 8.38. The molecule has 0 aromatic heterocycles. The van der Waals surface area contributed by atoms with Crippen LogP contribution in [0.3, 0.4) is 0 Å². The van der Waals surface area contributed by atoms with Crippen LogP contribution in [0.15, 0.2) is 24.3 Å². The minimum absolute atomic E-state index is 0.191. The van der Waals surface area contributed by atoms with Crippen molar-refractivity contribution >= 4 is 0 Å². The lowest BCUT2D eigenvalue weighted by Crippen LogP contribution is -2.25. The van der Waals surface area contributed by atoms with Crippen LogP contribution in [0, 0.1) is 0 Å². The van der Waals surface area contributed by atoms with Gasteiger partial charge in [-0.05, 0) is 43.4 Å². The third-order valence-corrected chi connectivity index (χ3v) is 3.03. The Kier molecular flexibility index (Phi) is 4.83. The molecule has 1 fully saturated rings. The van der Waals surface area contributed by atoms with E-state index in [0.717, 1.165) is 24.3 Å². The highest BCUT2D eigenvalue weighted by molar-refractivity contribution is 5.27. The molecular weight excluding hydrogens is 216 g/mol. The minimum atomic E-state index is 0.191. The Morgan fingerprint density at radius 3 is 2.71 bits per heavy atom. The van der Waals surface area contributed by atoms with Crippen LogP contribution in [0.5, 0.6) is 5.75 Å². The number of aliphatic hydroxyl groups is 1. The van der Waals surface area contributed by atoms with Crippen molar-refractivity contribution in [2.75, 3.05) is 19.8 Å². The summed E-state index contributed by atoms with van der Waals surface area (Å²) in [5, 5.41) is 8.81. The third-order valence-electron chi connectivity index (χ3n) is 3.03. The fourth-order valence-electron chi connectivity index (χ4n) is 2.01. The van der Waals surface area contributed by atoms with Gasteiger partial charge in [0, 0.05) is 13.2 Å². The molecular formula is C14H20O3. The fourth-order valence-corrected chi connectivity index (χ4v) is 2.01. The predicted octanol–water partition coefficient (Wildman–Crippen LogP) is 2.17. The minimum Gasteiger partial charge on any atom is -0.491 e. The van der Waals surface area contributed by atoms with Gasteiger partial charge in [-0.1, -0.05) is 12.1 Å². The van der Waals surface area contributed by atoms with Crippen LogP contribution < -0.4 is 4.74 Å². The molecule has 1 aliphatic heterocycles. The van der Waals surface area contributed by atoms with Crippen LogP contribution >= 0.6 is 0 Å². The van der Waals surface area contributed by atoms with Gasteiger partial charge >= 0.3 is 0 Å². The van der Waals surface area contributed by atoms with Crippen LogP contribution in [-0.4, -0.2) is 31.0 Å². The van der Waals surface area contributed by atoms with E-state index in [0.29, 0.717) is 13.0 Å². The second-order valence-electron chi connectivity index (χ2n) is 4.42. The number of benzene rings is 1. The second-order valence-corrected chi connectivity index (χ2v) is 4.42. The second kappa shape index (κ2) is 6.62. The van der Waals surface area contributed by atoms with Gasteiger partial charge in [0.25, 0.3) is 0 Å². The number of hydrogen-bond acceptors (Lipinski definition) is 3. The summed E-state index contributed by atoms with van der Waals surface area (Å²) in [7, 11) is 0. The van der Waals surface area contributed by atoms with Gasteiger partial charge in [-0.25, -0.2) is 0 Å². The molecule has 1 N–H and O–H groups in total. The molecule has 0 spiro atoms. The molecule has 0 bridgehead atoms. The average Bonchev–Trinajstić information content (AvgIpc) is 2.40. The third kappa shape index (κ3) is 4.02. The average molecular weight is 236 g/mol. The van der Waals surface area contributed by atoms with Crippen LogP contribution in [0.25, 0.3) is 0 Å². The van der Waals surface area contributed by atoms with E-state index in [1.54, 1.807) is 0 Å². The number of aliphatic hydroxyl groups excluding tert-OH is 1. The SMILES string of the molecule is OCCc1ccc(OCC2CCCCO2)cc1. The molecule has 1 aromatic carbocycles. The Hall–Kier alpha value is -1.06. The Bertz CT molecular complexity index is 315. The van der Waals surface area contributed by atoms with Gasteiger partial charge in [-0.2, -0.15) is 0 Å². The predicted molar refractivity (Wildman–Crippen MR) is 66.3 cm³/mol. The van der Waals surface area contributed by atoms with Crippen molar-refractivity contribution in [3.8, 4) is 5.75 Å². The largest absolute Gasteiger partial charge is 0.491 e. The summed E-state index contributed by atoms with van der Waals surface area (Å²) < 4.78 is 11.3. The standard InChI is InChI=1S/C14H20O3/c15-9-8-12-4-6-13(7-5-12)17-11-14-3-1-2-10-16-14/h4-7,14-15H,1-3,8-11H2. The molecule has 1 atom stereocenters. The van der Waals surface area contributed by atoms with E-state index < -0.39 is 0 Å². The Morgan fingerprint density at radius 2 is 2.06 bits per heavy atom. The molecule has 1 aliphatic rings. The maximum atomic E-state index is 8.81. The molecule has 94 valence electrons. The first-order valence-electron chi connectivity index (χ1n) is 6.32. The first-order valence-corrected chi connectivity index (χ1v) is 6.32. The topological polar surface area (TPSA) is 38.7 Å². The van der Waals surface area contributed by atoms with E-state index in [4.69, 9.17) is 14.6 Å². The normalized spacial score (nSPS) is 20.2. The highest BCUT2D eigenvalue weighted by atomic mass is 16.5. The maximum absolute atomic E-state index is 8.81. The zero-order chi connectivity index (χ0) is 11.9. The van der Waals surface area contributed by atoms with E-state index in [9.17, 15) is 0 Å². The summed E-state index contributed by atoms with van der Waals surface area (Å²) >= 11 is 0. The highest BCUT2D eigenvalue weighted by Gasteiger charge is 2.14. The molecule has 0 radical (unpaired) electrons. The van der Waals surface area contributed by atoms with Gasteiger partial charge < -0.3 is 14.6 Å². The summed E-state index contributed by atoms with van der Waals surface area (Å²) in [6.45, 7) is 1.69. The van der Waals surface area contributed by atoms with Crippen LogP contribution in [-0.2, 0) is 11.2 Å². The van der Waals surface area contributed by atoms with E-state index >= 15 is 0 Å². The molecule has 1 aromatic rings. The van der Waals surface area contributed by atoms with E-state index in [2.05, 4.69) is 0 Å². The molecule has 1 heterocycles. The van der Waals surface area contributed by atoms with Crippen molar-refractivity contribution in [2.24, 2.45) is 0 Å². The molecule has 3 heteroatoms. The van der Waals surface area contributed by atoms with Gasteiger partial charge in [0.1, 0.15) is 12.4 Å². The summed E-state index contributed by atoms with van der Waals surface area (Å²) in [5.41, 5.74) is 1.13. The van der Waals surface area contributed by atoms with Gasteiger partial charge in [-0.3, -0.25) is 0 Å². The van der Waals surface area contributed by atoms with E-state index in [1.807, 2.05) is 24.3 Å². The highest BCUT2D eigenvalue weighted by Crippen LogP contribution is 2.16. The van der Waals surface area contributed by atoms with Gasteiger partial charge in [0.2, 0.25) is 0 Å². The van der Waals surface area contributed by atoms with Crippen molar-refractivity contribution in [2.45, 2.75) is 31.8 Å². The Balaban J connectivity index is 1.77. The molecule has 0 saturated carbocycles. The van der Waals surface area contributed by atoms with Crippen LogP contribution in [0.4, 0.5) is 0 Å². The Morgan fingerprint density at radius 1 is 1.24 bits per heavy atom. The van der Waals surface area contributed by atoms with Crippen LogP contribution in [0.1, 0.15) is 24.8 Å². The summed E-state index contributed by atoms with van der Waals surface area (Å²) in [6.07, 6.45) is 4.46. The quantitative estimate of drug-likeness (QED) is 0.851.